The molecule has 0 unspecified atom stereocenters. The van der Waals surface area contributed by atoms with Crippen LogP contribution in [0.2, 0.25) is 10.0 Å². The third-order valence-corrected chi connectivity index (χ3v) is 5.14. The lowest BCUT2D eigenvalue weighted by Gasteiger charge is -2.16. The average molecular weight is 396 g/mol. The fourth-order valence-corrected chi connectivity index (χ4v) is 3.01. The van der Waals surface area contributed by atoms with Crippen LogP contribution in [0.15, 0.2) is 47.1 Å². The Kier molecular flexibility index (Phi) is 4.78. The van der Waals surface area contributed by atoms with E-state index in [1.807, 2.05) is 6.92 Å². The zero-order chi connectivity index (χ0) is 18.3. The Bertz CT molecular complexity index is 938. The lowest BCUT2D eigenvalue weighted by atomic mass is 10.2. The van der Waals surface area contributed by atoms with Crippen LogP contribution in [0.25, 0.3) is 0 Å². The van der Waals surface area contributed by atoms with Crippen molar-refractivity contribution in [3.05, 3.63) is 68.3 Å². The summed E-state index contributed by atoms with van der Waals surface area (Å²) in [5, 5.41) is 3.75. The van der Waals surface area contributed by atoms with Gasteiger partial charge in [-0.3, -0.25) is 9.59 Å². The third kappa shape index (κ3) is 3.13. The van der Waals surface area contributed by atoms with E-state index in [0.717, 1.165) is 16.0 Å². The topological polar surface area (TPSA) is 49.4 Å². The van der Waals surface area contributed by atoms with Gasteiger partial charge in [0.25, 0.3) is 11.8 Å². The van der Waals surface area contributed by atoms with E-state index in [9.17, 15) is 9.59 Å². The predicted molar refractivity (Wildman–Crippen MR) is 101 cm³/mol. The second-order valence-corrected chi connectivity index (χ2v) is 6.80. The van der Waals surface area contributed by atoms with Gasteiger partial charge in [-0.2, -0.15) is 0 Å². The molecule has 0 saturated carbocycles. The van der Waals surface area contributed by atoms with Crippen molar-refractivity contribution < 1.29 is 9.59 Å². The summed E-state index contributed by atoms with van der Waals surface area (Å²) >= 11 is 18.3. The first kappa shape index (κ1) is 17.8. The molecule has 2 amide bonds. The predicted octanol–water partition coefficient (Wildman–Crippen LogP) is 5.05. The van der Waals surface area contributed by atoms with Crippen molar-refractivity contribution >= 4 is 58.0 Å². The molecular formula is C18H13Cl3N2O2. The van der Waals surface area contributed by atoms with Crippen LogP contribution in [-0.4, -0.2) is 11.8 Å². The van der Waals surface area contributed by atoms with Gasteiger partial charge in [0.2, 0.25) is 0 Å². The Hall–Kier alpha value is -2.01. The van der Waals surface area contributed by atoms with E-state index in [4.69, 9.17) is 34.8 Å². The van der Waals surface area contributed by atoms with Crippen LogP contribution < -0.4 is 10.2 Å². The van der Waals surface area contributed by atoms with Crippen LogP contribution in [0.1, 0.15) is 11.1 Å². The number of benzene rings is 2. The molecule has 0 saturated heterocycles. The molecule has 1 N–H and O–H groups in total. The first-order valence-corrected chi connectivity index (χ1v) is 8.51. The summed E-state index contributed by atoms with van der Waals surface area (Å²) in [5.41, 5.74) is 2.57. The van der Waals surface area contributed by atoms with Gasteiger partial charge in [0, 0.05) is 15.7 Å². The SMILES string of the molecule is Cc1ccc(N2C(=O)C(Cl)=C(Nc3cccc(Cl)c3C)C2=O)cc1Cl. The highest BCUT2D eigenvalue weighted by Gasteiger charge is 2.39. The number of hydrogen-bond acceptors (Lipinski definition) is 3. The van der Waals surface area contributed by atoms with Gasteiger partial charge in [0.1, 0.15) is 10.7 Å². The molecule has 25 heavy (non-hydrogen) atoms. The fourth-order valence-electron chi connectivity index (χ4n) is 2.44. The Balaban J connectivity index is 1.96. The van der Waals surface area contributed by atoms with E-state index in [2.05, 4.69) is 5.32 Å². The van der Waals surface area contributed by atoms with Gasteiger partial charge in [0.05, 0.1) is 5.69 Å². The largest absolute Gasteiger partial charge is 0.349 e. The van der Waals surface area contributed by atoms with Crippen LogP contribution in [0.3, 0.4) is 0 Å². The molecule has 0 fully saturated rings. The minimum atomic E-state index is -0.603. The molecule has 1 aliphatic heterocycles. The van der Waals surface area contributed by atoms with E-state index in [-0.39, 0.29) is 10.7 Å². The van der Waals surface area contributed by atoms with Crippen molar-refractivity contribution in [1.82, 2.24) is 0 Å². The lowest BCUT2D eigenvalue weighted by molar-refractivity contribution is -0.120. The first-order chi connectivity index (χ1) is 11.8. The van der Waals surface area contributed by atoms with Gasteiger partial charge >= 0.3 is 0 Å². The Morgan fingerprint density at radius 2 is 1.64 bits per heavy atom. The van der Waals surface area contributed by atoms with Gasteiger partial charge < -0.3 is 5.32 Å². The average Bonchev–Trinajstić information content (AvgIpc) is 2.78. The van der Waals surface area contributed by atoms with Gasteiger partial charge in [-0.1, -0.05) is 46.9 Å². The Morgan fingerprint density at radius 1 is 0.920 bits per heavy atom. The summed E-state index contributed by atoms with van der Waals surface area (Å²) < 4.78 is 0. The highest BCUT2D eigenvalue weighted by Crippen LogP contribution is 2.33. The maximum atomic E-state index is 12.7. The Labute approximate surface area is 160 Å². The van der Waals surface area contributed by atoms with Crippen LogP contribution in [0.5, 0.6) is 0 Å². The van der Waals surface area contributed by atoms with Gasteiger partial charge in [-0.15, -0.1) is 0 Å². The van der Waals surface area contributed by atoms with Gasteiger partial charge in [0.15, 0.2) is 0 Å². The van der Waals surface area contributed by atoms with E-state index in [1.165, 1.54) is 0 Å². The summed E-state index contributed by atoms with van der Waals surface area (Å²) in [4.78, 5) is 26.2. The van der Waals surface area contributed by atoms with Gasteiger partial charge in [-0.05, 0) is 49.2 Å². The number of amides is 2. The molecule has 1 heterocycles. The second kappa shape index (κ2) is 6.71. The van der Waals surface area contributed by atoms with Crippen LogP contribution in [0.4, 0.5) is 11.4 Å². The van der Waals surface area contributed by atoms with Gasteiger partial charge in [-0.25, -0.2) is 4.90 Å². The molecule has 0 bridgehead atoms. The molecule has 0 radical (unpaired) electrons. The van der Waals surface area contributed by atoms with Crippen LogP contribution >= 0.6 is 34.8 Å². The molecule has 0 aliphatic carbocycles. The molecule has 128 valence electrons. The Morgan fingerprint density at radius 3 is 2.32 bits per heavy atom. The normalized spacial score (nSPS) is 14.5. The number of hydrogen-bond donors (Lipinski definition) is 1. The molecular weight excluding hydrogens is 383 g/mol. The number of carbonyl (C=O) groups excluding carboxylic acids is 2. The van der Waals surface area contributed by atoms with Crippen molar-refractivity contribution in [3.8, 4) is 0 Å². The maximum Gasteiger partial charge on any atom is 0.283 e. The van der Waals surface area contributed by atoms with Crippen molar-refractivity contribution in [1.29, 1.82) is 0 Å². The molecule has 7 heteroatoms. The second-order valence-electron chi connectivity index (χ2n) is 5.61. The molecule has 0 atom stereocenters. The van der Waals surface area contributed by atoms with Crippen molar-refractivity contribution in [2.75, 3.05) is 10.2 Å². The molecule has 0 aromatic heterocycles. The third-order valence-electron chi connectivity index (χ3n) is 3.97. The summed E-state index contributed by atoms with van der Waals surface area (Å²) in [6.07, 6.45) is 0. The van der Waals surface area contributed by atoms with E-state index in [1.54, 1.807) is 43.3 Å². The number of rotatable bonds is 3. The molecule has 0 spiro atoms. The number of nitrogens with one attached hydrogen (secondary N) is 1. The monoisotopic (exact) mass is 394 g/mol. The quantitative estimate of drug-likeness (QED) is 0.740. The maximum absolute atomic E-state index is 12.7. The fraction of sp³-hybridized carbons (Fsp3) is 0.111. The lowest BCUT2D eigenvalue weighted by Crippen LogP contribution is -2.32. The number of anilines is 2. The number of carbonyl (C=O) groups is 2. The summed E-state index contributed by atoms with van der Waals surface area (Å²) in [6, 6.07) is 10.2. The summed E-state index contributed by atoms with van der Waals surface area (Å²) in [5.74, 6) is -1.15. The number of aryl methyl sites for hydroxylation is 1. The van der Waals surface area contributed by atoms with Crippen molar-refractivity contribution in [2.45, 2.75) is 13.8 Å². The molecule has 3 rings (SSSR count). The number of nitrogens with zero attached hydrogens (tertiary/aromatic N) is 1. The summed E-state index contributed by atoms with van der Waals surface area (Å²) in [6.45, 7) is 3.64. The summed E-state index contributed by atoms with van der Waals surface area (Å²) in [7, 11) is 0. The smallest absolute Gasteiger partial charge is 0.283 e. The van der Waals surface area contributed by atoms with E-state index < -0.39 is 11.8 Å². The zero-order valence-electron chi connectivity index (χ0n) is 13.4. The van der Waals surface area contributed by atoms with Crippen molar-refractivity contribution in [2.24, 2.45) is 0 Å². The van der Waals surface area contributed by atoms with Crippen LogP contribution in [-0.2, 0) is 9.59 Å². The minimum absolute atomic E-state index is 0.00808. The molecule has 4 nitrogen and oxygen atoms in total. The van der Waals surface area contributed by atoms with E-state index >= 15 is 0 Å². The number of imide groups is 1. The molecule has 2 aromatic carbocycles. The highest BCUT2D eigenvalue weighted by molar-refractivity contribution is 6.53. The number of halogens is 3. The highest BCUT2D eigenvalue weighted by atomic mass is 35.5. The minimum Gasteiger partial charge on any atom is -0.349 e. The standard InChI is InChI=1S/C18H13Cl3N2O2/c1-9-6-7-11(8-13(9)20)23-17(24)15(21)16(18(23)25)22-14-5-3-4-12(19)10(14)2/h3-8,22H,1-2H3. The first-order valence-electron chi connectivity index (χ1n) is 7.38. The molecule has 2 aromatic rings. The van der Waals surface area contributed by atoms with E-state index in [0.29, 0.717) is 21.4 Å². The molecule has 1 aliphatic rings. The van der Waals surface area contributed by atoms with Crippen molar-refractivity contribution in [3.63, 3.8) is 0 Å². The zero-order valence-corrected chi connectivity index (χ0v) is 15.6. The van der Waals surface area contributed by atoms with Crippen LogP contribution in [0, 0.1) is 13.8 Å².